The van der Waals surface area contributed by atoms with Crippen molar-refractivity contribution in [2.45, 2.75) is 31.9 Å². The Morgan fingerprint density at radius 2 is 2.12 bits per heavy atom. The summed E-state index contributed by atoms with van der Waals surface area (Å²) in [5, 5.41) is 7.86. The Balaban J connectivity index is 1.57. The molecule has 1 aromatic carbocycles. The summed E-state index contributed by atoms with van der Waals surface area (Å²) < 4.78 is 17.7. The first-order chi connectivity index (χ1) is 11.5. The molecule has 24 heavy (non-hydrogen) atoms. The van der Waals surface area contributed by atoms with E-state index in [1.54, 1.807) is 30.1 Å². The predicted octanol–water partition coefficient (Wildman–Crippen LogP) is 2.72. The van der Waals surface area contributed by atoms with Crippen LogP contribution < -0.4 is 0 Å². The first-order valence-electron chi connectivity index (χ1n) is 7.67. The van der Waals surface area contributed by atoms with E-state index in [2.05, 4.69) is 10.3 Å². The van der Waals surface area contributed by atoms with E-state index < -0.39 is 6.10 Å². The molecule has 0 spiro atoms. The summed E-state index contributed by atoms with van der Waals surface area (Å²) in [6.07, 6.45) is 1.79. The molecule has 126 valence electrons. The summed E-state index contributed by atoms with van der Waals surface area (Å²) in [5.41, 5.74) is 2.37. The van der Waals surface area contributed by atoms with Crippen LogP contribution in [0, 0.1) is 5.82 Å². The molecule has 1 aliphatic rings. The van der Waals surface area contributed by atoms with Gasteiger partial charge in [0.15, 0.2) is 0 Å². The molecule has 2 aromatic rings. The summed E-state index contributed by atoms with van der Waals surface area (Å²) in [6.45, 7) is 1.87. The molecule has 0 fully saturated rings. The maximum Gasteiger partial charge on any atom is 0.267 e. The summed E-state index contributed by atoms with van der Waals surface area (Å²) in [5.74, 6) is -0.441. The number of hydrogen-bond donors (Lipinski definition) is 0. The van der Waals surface area contributed by atoms with Crippen molar-refractivity contribution in [3.63, 3.8) is 0 Å². The third-order valence-electron chi connectivity index (χ3n) is 4.14. The van der Waals surface area contributed by atoms with Crippen LogP contribution in [-0.2, 0) is 16.1 Å². The minimum atomic E-state index is -0.639. The molecule has 1 amide bonds. The van der Waals surface area contributed by atoms with Crippen LogP contribution >= 0.6 is 0 Å². The zero-order chi connectivity index (χ0) is 17.1. The van der Waals surface area contributed by atoms with Gasteiger partial charge in [-0.2, -0.15) is 0 Å². The normalized spacial score (nSPS) is 18.0. The second kappa shape index (κ2) is 6.82. The highest BCUT2D eigenvalue weighted by atomic mass is 19.1. The number of aromatic nitrogens is 1. The fourth-order valence-corrected chi connectivity index (χ4v) is 2.56. The van der Waals surface area contributed by atoms with Gasteiger partial charge in [-0.1, -0.05) is 22.4 Å². The van der Waals surface area contributed by atoms with Gasteiger partial charge in [0.25, 0.3) is 5.91 Å². The molecule has 1 aliphatic heterocycles. The van der Waals surface area contributed by atoms with Crippen LogP contribution in [0.4, 0.5) is 4.39 Å². The minimum absolute atomic E-state index is 0.164. The van der Waals surface area contributed by atoms with E-state index in [9.17, 15) is 9.18 Å². The number of benzene rings is 1. The summed E-state index contributed by atoms with van der Waals surface area (Å²) >= 11 is 0. The lowest BCUT2D eigenvalue weighted by Crippen LogP contribution is -2.38. The molecule has 3 rings (SSSR count). The Morgan fingerprint density at radius 3 is 2.79 bits per heavy atom. The molecule has 6 nitrogen and oxygen atoms in total. The van der Waals surface area contributed by atoms with Gasteiger partial charge in [-0.15, -0.1) is 0 Å². The Labute approximate surface area is 138 Å². The predicted molar refractivity (Wildman–Crippen MR) is 84.7 cm³/mol. The third kappa shape index (κ3) is 3.45. The van der Waals surface area contributed by atoms with Gasteiger partial charge < -0.3 is 14.3 Å². The second-order valence-electron chi connectivity index (χ2n) is 5.81. The highest BCUT2D eigenvalue weighted by molar-refractivity contribution is 5.94. The van der Waals surface area contributed by atoms with Gasteiger partial charge in [-0.05, 0) is 24.6 Å². The fraction of sp³-hybridized carbons (Fsp3) is 0.353. The van der Waals surface area contributed by atoms with E-state index in [1.807, 2.05) is 6.92 Å². The fourth-order valence-electron chi connectivity index (χ4n) is 2.56. The lowest BCUT2D eigenvalue weighted by atomic mass is 10.0. The van der Waals surface area contributed by atoms with Gasteiger partial charge >= 0.3 is 0 Å². The van der Waals surface area contributed by atoms with E-state index >= 15 is 0 Å². The van der Waals surface area contributed by atoms with Gasteiger partial charge in [0.2, 0.25) is 6.10 Å². The number of amides is 1. The Hall–Kier alpha value is -2.70. The van der Waals surface area contributed by atoms with Crippen LogP contribution in [0.1, 0.15) is 30.6 Å². The van der Waals surface area contributed by atoms with Crippen molar-refractivity contribution >= 4 is 11.6 Å². The number of rotatable bonds is 5. The zero-order valence-electron chi connectivity index (χ0n) is 13.5. The van der Waals surface area contributed by atoms with Crippen molar-refractivity contribution in [1.29, 1.82) is 0 Å². The maximum absolute atomic E-state index is 12.9. The average Bonchev–Trinajstić information content (AvgIpc) is 3.26. The Morgan fingerprint density at radius 1 is 1.38 bits per heavy atom. The second-order valence-corrected chi connectivity index (χ2v) is 5.81. The molecule has 7 heteroatoms. The van der Waals surface area contributed by atoms with Crippen LogP contribution in [0.5, 0.6) is 0 Å². The SMILES string of the molecule is CC(c1ccon1)N(C)C(=O)C1CC(Cc2ccc(F)cc2)=NO1. The standard InChI is InChI=1S/C17H18FN3O3/c1-11(15-7-8-23-20-15)21(2)17(22)16-10-14(19-24-16)9-12-3-5-13(18)6-4-12/h3-8,11,16H,9-10H2,1-2H3. The number of carbonyl (C=O) groups is 1. The Kier molecular flexibility index (Phi) is 4.59. The van der Waals surface area contributed by atoms with Crippen LogP contribution in [0.25, 0.3) is 0 Å². The quantitative estimate of drug-likeness (QED) is 0.845. The molecular formula is C17H18FN3O3. The first kappa shape index (κ1) is 16.2. The molecule has 0 N–H and O–H groups in total. The summed E-state index contributed by atoms with van der Waals surface area (Å²) in [4.78, 5) is 19.4. The van der Waals surface area contributed by atoms with Crippen molar-refractivity contribution in [3.8, 4) is 0 Å². The van der Waals surface area contributed by atoms with Crippen LogP contribution in [0.3, 0.4) is 0 Å². The van der Waals surface area contributed by atoms with E-state index in [4.69, 9.17) is 9.36 Å². The van der Waals surface area contributed by atoms with E-state index in [0.717, 1.165) is 11.3 Å². The van der Waals surface area contributed by atoms with Crippen LogP contribution in [0.2, 0.25) is 0 Å². The molecule has 2 heterocycles. The minimum Gasteiger partial charge on any atom is -0.382 e. The summed E-state index contributed by atoms with van der Waals surface area (Å²) in [6, 6.07) is 7.71. The summed E-state index contributed by atoms with van der Waals surface area (Å²) in [7, 11) is 1.70. The van der Waals surface area contributed by atoms with Gasteiger partial charge in [0.1, 0.15) is 17.8 Å². The van der Waals surface area contributed by atoms with Crippen molar-refractivity contribution in [2.75, 3.05) is 7.05 Å². The van der Waals surface area contributed by atoms with E-state index in [1.165, 1.54) is 18.4 Å². The van der Waals surface area contributed by atoms with E-state index in [0.29, 0.717) is 18.5 Å². The monoisotopic (exact) mass is 331 g/mol. The van der Waals surface area contributed by atoms with Crippen LogP contribution in [0.15, 0.2) is 46.3 Å². The molecule has 0 radical (unpaired) electrons. The van der Waals surface area contributed by atoms with Crippen molar-refractivity contribution < 1.29 is 18.5 Å². The molecule has 0 aliphatic carbocycles. The first-order valence-corrected chi connectivity index (χ1v) is 7.67. The lowest BCUT2D eigenvalue weighted by molar-refractivity contribution is -0.142. The highest BCUT2D eigenvalue weighted by Crippen LogP contribution is 2.22. The largest absolute Gasteiger partial charge is 0.382 e. The van der Waals surface area contributed by atoms with Crippen LogP contribution in [-0.4, -0.2) is 34.8 Å². The number of halogens is 1. The molecular weight excluding hydrogens is 313 g/mol. The van der Waals surface area contributed by atoms with Crippen molar-refractivity contribution in [1.82, 2.24) is 10.1 Å². The maximum atomic E-state index is 12.9. The Bertz CT molecular complexity index is 728. The smallest absolute Gasteiger partial charge is 0.267 e. The topological polar surface area (TPSA) is 67.9 Å². The number of nitrogens with zero attached hydrogens (tertiary/aromatic N) is 3. The number of carbonyl (C=O) groups excluding carboxylic acids is 1. The zero-order valence-corrected chi connectivity index (χ0v) is 13.5. The lowest BCUT2D eigenvalue weighted by Gasteiger charge is -2.24. The van der Waals surface area contributed by atoms with Crippen molar-refractivity contribution in [2.24, 2.45) is 5.16 Å². The molecule has 1 aromatic heterocycles. The number of hydrogen-bond acceptors (Lipinski definition) is 5. The van der Waals surface area contributed by atoms with Crippen molar-refractivity contribution in [3.05, 3.63) is 53.7 Å². The third-order valence-corrected chi connectivity index (χ3v) is 4.14. The molecule has 0 bridgehead atoms. The van der Waals surface area contributed by atoms with E-state index in [-0.39, 0.29) is 17.8 Å². The number of likely N-dealkylation sites (N-methyl/N-ethyl adjacent to an activating group) is 1. The highest BCUT2D eigenvalue weighted by Gasteiger charge is 2.33. The van der Waals surface area contributed by atoms with Gasteiger partial charge in [0.05, 0.1) is 11.8 Å². The average molecular weight is 331 g/mol. The van der Waals surface area contributed by atoms with Gasteiger partial charge in [0, 0.05) is 26.0 Å². The van der Waals surface area contributed by atoms with Gasteiger partial charge in [-0.25, -0.2) is 4.39 Å². The molecule has 2 unspecified atom stereocenters. The molecule has 2 atom stereocenters. The number of oxime groups is 1. The molecule has 0 saturated heterocycles. The molecule has 0 saturated carbocycles. The van der Waals surface area contributed by atoms with Gasteiger partial charge in [-0.3, -0.25) is 4.79 Å².